The average molecular weight is 158 g/mol. The lowest BCUT2D eigenvalue weighted by atomic mass is 10.2. The summed E-state index contributed by atoms with van der Waals surface area (Å²) in [4.78, 5) is 0. The van der Waals surface area contributed by atoms with Crippen molar-refractivity contribution in [1.29, 1.82) is 10.5 Å². The highest BCUT2D eigenvalue weighted by atomic mass is 15.2. The molecule has 1 aromatic rings. The molecule has 4 heteroatoms. The first-order valence-corrected chi connectivity index (χ1v) is 3.28. The Hall–Kier alpha value is -2.07. The van der Waals surface area contributed by atoms with Gasteiger partial charge in [-0.15, -0.1) is 0 Å². The number of nitriles is 2. The molecule has 0 saturated heterocycles. The molecule has 12 heavy (non-hydrogen) atoms. The Kier molecular flexibility index (Phi) is 2.25. The van der Waals surface area contributed by atoms with Crippen LogP contribution < -0.4 is 0 Å². The maximum Gasteiger partial charge on any atom is 0.131 e. The van der Waals surface area contributed by atoms with Gasteiger partial charge in [-0.25, -0.2) is 0 Å². The van der Waals surface area contributed by atoms with E-state index in [1.165, 1.54) is 6.08 Å². The number of aromatic nitrogens is 2. The molecule has 0 aliphatic carbocycles. The summed E-state index contributed by atoms with van der Waals surface area (Å²) in [5, 5.41) is 20.8. The third-order valence-electron chi connectivity index (χ3n) is 1.39. The fourth-order valence-electron chi connectivity index (χ4n) is 0.763. The number of aryl methyl sites for hydroxylation is 1. The predicted octanol–water partition coefficient (Wildman–Crippen LogP) is 0.851. The fraction of sp³-hybridized carbons (Fsp3) is 0.125. The van der Waals surface area contributed by atoms with Crippen molar-refractivity contribution >= 4 is 6.08 Å². The topological polar surface area (TPSA) is 65.4 Å². The van der Waals surface area contributed by atoms with Gasteiger partial charge in [-0.2, -0.15) is 15.6 Å². The van der Waals surface area contributed by atoms with Crippen molar-refractivity contribution in [3.05, 3.63) is 23.5 Å². The van der Waals surface area contributed by atoms with Crippen LogP contribution in [0.3, 0.4) is 0 Å². The molecule has 58 valence electrons. The van der Waals surface area contributed by atoms with Crippen molar-refractivity contribution in [2.24, 2.45) is 7.05 Å². The number of hydrogen-bond acceptors (Lipinski definition) is 3. The minimum atomic E-state index is 0.0820. The Morgan fingerprint density at radius 1 is 1.58 bits per heavy atom. The highest BCUT2D eigenvalue weighted by Crippen LogP contribution is 2.03. The van der Waals surface area contributed by atoms with E-state index in [-0.39, 0.29) is 5.57 Å². The minimum absolute atomic E-state index is 0.0820. The summed E-state index contributed by atoms with van der Waals surface area (Å²) in [6.07, 6.45) is 3.10. The van der Waals surface area contributed by atoms with E-state index < -0.39 is 0 Å². The molecular formula is C8H6N4. The SMILES string of the molecule is Cn1nccc1C=C(C#N)C#N. The van der Waals surface area contributed by atoms with Gasteiger partial charge in [0.1, 0.15) is 17.7 Å². The molecule has 0 N–H and O–H groups in total. The summed E-state index contributed by atoms with van der Waals surface area (Å²) in [6.45, 7) is 0. The van der Waals surface area contributed by atoms with Gasteiger partial charge in [-0.3, -0.25) is 4.68 Å². The van der Waals surface area contributed by atoms with Crippen molar-refractivity contribution in [2.75, 3.05) is 0 Å². The average Bonchev–Trinajstić information content (AvgIpc) is 2.47. The molecule has 4 nitrogen and oxygen atoms in total. The Morgan fingerprint density at radius 3 is 2.67 bits per heavy atom. The lowest BCUT2D eigenvalue weighted by Gasteiger charge is -1.91. The van der Waals surface area contributed by atoms with Crippen LogP contribution in [0.25, 0.3) is 6.08 Å². The Morgan fingerprint density at radius 2 is 2.25 bits per heavy atom. The van der Waals surface area contributed by atoms with Gasteiger partial charge in [0.05, 0.1) is 5.69 Å². The third-order valence-corrected chi connectivity index (χ3v) is 1.39. The van der Waals surface area contributed by atoms with Gasteiger partial charge >= 0.3 is 0 Å². The van der Waals surface area contributed by atoms with Crippen molar-refractivity contribution < 1.29 is 0 Å². The van der Waals surface area contributed by atoms with Gasteiger partial charge in [0.15, 0.2) is 0 Å². The van der Waals surface area contributed by atoms with E-state index >= 15 is 0 Å². The summed E-state index contributed by atoms with van der Waals surface area (Å²) in [5.41, 5.74) is 0.826. The van der Waals surface area contributed by atoms with Crippen LogP contribution in [0.4, 0.5) is 0 Å². The molecule has 0 aromatic carbocycles. The van der Waals surface area contributed by atoms with Gasteiger partial charge in [-0.05, 0) is 12.1 Å². The zero-order valence-electron chi connectivity index (χ0n) is 6.52. The van der Waals surface area contributed by atoms with Crippen LogP contribution in [-0.4, -0.2) is 9.78 Å². The van der Waals surface area contributed by atoms with E-state index in [0.717, 1.165) is 5.69 Å². The molecule has 0 fully saturated rings. The minimum Gasteiger partial charge on any atom is -0.268 e. The summed E-state index contributed by atoms with van der Waals surface area (Å²) >= 11 is 0. The smallest absolute Gasteiger partial charge is 0.131 e. The highest BCUT2D eigenvalue weighted by molar-refractivity contribution is 5.59. The second kappa shape index (κ2) is 3.36. The Labute approximate surface area is 70.0 Å². The van der Waals surface area contributed by atoms with Crippen molar-refractivity contribution in [3.8, 4) is 12.1 Å². The molecule has 0 radical (unpaired) electrons. The van der Waals surface area contributed by atoms with Crippen LogP contribution in [0, 0.1) is 22.7 Å². The van der Waals surface area contributed by atoms with Crippen LogP contribution in [-0.2, 0) is 7.05 Å². The van der Waals surface area contributed by atoms with Gasteiger partial charge < -0.3 is 0 Å². The lowest BCUT2D eigenvalue weighted by Crippen LogP contribution is -1.92. The van der Waals surface area contributed by atoms with E-state index in [9.17, 15) is 0 Å². The predicted molar refractivity (Wildman–Crippen MR) is 42.4 cm³/mol. The molecular weight excluding hydrogens is 152 g/mol. The Bertz CT molecular complexity index is 370. The van der Waals surface area contributed by atoms with Gasteiger partial charge in [0, 0.05) is 13.2 Å². The standard InChI is InChI=1S/C8H6N4/c1-12-8(2-3-11-12)4-7(5-9)6-10/h2-4H,1H3. The molecule has 0 saturated carbocycles. The van der Waals surface area contributed by atoms with Crippen LogP contribution in [0.2, 0.25) is 0 Å². The normalized spacial score (nSPS) is 8.25. The quantitative estimate of drug-likeness (QED) is 0.569. The monoisotopic (exact) mass is 158 g/mol. The first kappa shape index (κ1) is 8.03. The summed E-state index contributed by atoms with van der Waals surface area (Å²) in [7, 11) is 1.75. The van der Waals surface area contributed by atoms with Crippen molar-refractivity contribution in [2.45, 2.75) is 0 Å². The second-order valence-electron chi connectivity index (χ2n) is 2.16. The summed E-state index contributed by atoms with van der Waals surface area (Å²) in [5.74, 6) is 0. The van der Waals surface area contributed by atoms with Gasteiger partial charge in [0.2, 0.25) is 0 Å². The fourth-order valence-corrected chi connectivity index (χ4v) is 0.763. The molecule has 0 amide bonds. The first-order valence-electron chi connectivity index (χ1n) is 3.28. The molecule has 0 spiro atoms. The van der Waals surface area contributed by atoms with Crippen LogP contribution in [0.1, 0.15) is 5.69 Å². The molecule has 0 aliphatic rings. The molecule has 0 atom stereocenters. The largest absolute Gasteiger partial charge is 0.268 e. The Balaban J connectivity index is 3.05. The highest BCUT2D eigenvalue weighted by Gasteiger charge is 1.96. The van der Waals surface area contributed by atoms with Crippen LogP contribution >= 0.6 is 0 Å². The van der Waals surface area contributed by atoms with E-state index in [1.54, 1.807) is 36.1 Å². The number of allylic oxidation sites excluding steroid dienone is 1. The zero-order chi connectivity index (χ0) is 8.97. The molecule has 1 heterocycles. The van der Waals surface area contributed by atoms with E-state index in [4.69, 9.17) is 10.5 Å². The van der Waals surface area contributed by atoms with E-state index in [1.807, 2.05) is 0 Å². The molecule has 0 aliphatic heterocycles. The zero-order valence-corrected chi connectivity index (χ0v) is 6.52. The molecule has 1 aromatic heterocycles. The van der Waals surface area contributed by atoms with Gasteiger partial charge in [-0.1, -0.05) is 0 Å². The van der Waals surface area contributed by atoms with Crippen LogP contribution in [0.15, 0.2) is 17.8 Å². The molecule has 0 unspecified atom stereocenters. The third kappa shape index (κ3) is 1.50. The number of hydrogen-bond donors (Lipinski definition) is 0. The van der Waals surface area contributed by atoms with Crippen molar-refractivity contribution in [3.63, 3.8) is 0 Å². The van der Waals surface area contributed by atoms with E-state index in [2.05, 4.69) is 5.10 Å². The summed E-state index contributed by atoms with van der Waals surface area (Å²) < 4.78 is 1.59. The molecule has 0 bridgehead atoms. The second-order valence-corrected chi connectivity index (χ2v) is 2.16. The summed E-state index contributed by atoms with van der Waals surface area (Å²) in [6, 6.07) is 5.28. The molecule has 1 rings (SSSR count). The van der Waals surface area contributed by atoms with Crippen molar-refractivity contribution in [1.82, 2.24) is 9.78 Å². The maximum absolute atomic E-state index is 8.45. The number of rotatable bonds is 1. The maximum atomic E-state index is 8.45. The first-order chi connectivity index (χ1) is 5.77. The van der Waals surface area contributed by atoms with E-state index in [0.29, 0.717) is 0 Å². The number of nitrogens with zero attached hydrogens (tertiary/aromatic N) is 4. The lowest BCUT2D eigenvalue weighted by molar-refractivity contribution is 0.759. The van der Waals surface area contributed by atoms with Gasteiger partial charge in [0.25, 0.3) is 0 Å². The van der Waals surface area contributed by atoms with Crippen LogP contribution in [0.5, 0.6) is 0 Å².